The summed E-state index contributed by atoms with van der Waals surface area (Å²) in [5.41, 5.74) is 1.95. The third kappa shape index (κ3) is 7.87. The van der Waals surface area contributed by atoms with Gasteiger partial charge >= 0.3 is 5.97 Å². The number of aliphatic hydroxyl groups excluding tert-OH is 2. The molecule has 6 aliphatic heterocycles. The lowest BCUT2D eigenvalue weighted by Gasteiger charge is -2.52. The molecule has 6 fully saturated rings. The molecule has 0 aromatic heterocycles. The van der Waals surface area contributed by atoms with E-state index in [1.54, 1.807) is 28.3 Å². The van der Waals surface area contributed by atoms with Crippen molar-refractivity contribution in [2.24, 2.45) is 23.2 Å². The van der Waals surface area contributed by atoms with Crippen molar-refractivity contribution in [3.05, 3.63) is 23.5 Å². The summed E-state index contributed by atoms with van der Waals surface area (Å²) < 4.78 is 73.7. The van der Waals surface area contributed by atoms with Crippen molar-refractivity contribution in [2.75, 3.05) is 27.9 Å². The number of esters is 1. The van der Waals surface area contributed by atoms with Crippen LogP contribution in [-0.2, 0) is 61.6 Å². The Labute approximate surface area is 335 Å². The van der Waals surface area contributed by atoms with E-state index in [1.165, 1.54) is 5.57 Å². The van der Waals surface area contributed by atoms with Crippen molar-refractivity contribution in [1.82, 2.24) is 0 Å². The highest BCUT2D eigenvalue weighted by molar-refractivity contribution is 5.74. The van der Waals surface area contributed by atoms with Gasteiger partial charge in [-0.2, -0.15) is 0 Å². The molecule has 0 spiro atoms. The fourth-order valence-electron chi connectivity index (χ4n) is 11.3. The highest BCUT2D eigenvalue weighted by atomic mass is 16.8. The van der Waals surface area contributed by atoms with E-state index in [9.17, 15) is 15.0 Å². The summed E-state index contributed by atoms with van der Waals surface area (Å²) in [5.74, 6) is -1.37. The number of carbonyl (C=O) groups excluding carboxylic acids is 1. The molecule has 8 aliphatic rings. The van der Waals surface area contributed by atoms with Crippen molar-refractivity contribution in [2.45, 2.75) is 184 Å². The summed E-state index contributed by atoms with van der Waals surface area (Å²) in [4.78, 5) is 13.7. The number of hydrogen-bond donors (Lipinski definition) is 2. The SMILES string of the molecule is CO[C@H]1C[C@H](O[C@H]2[C@@H](OC)C[C@H](O[C@@H]3[C@@H](C)O[C@@H](O[C@@H]4CC5=CC[C@H]6C(=O)O[C@@H]7CO[C@]8(C)OC=C(CC[C@@H]6[C@@]5(C)C[C@H]4O)[C@H]78)C[C@H]3OC)O[C@@H]2C)O[C@@H](C)[C@@H]1O. The molecule has 322 valence electrons. The van der Waals surface area contributed by atoms with Gasteiger partial charge in [0.05, 0.1) is 73.5 Å². The van der Waals surface area contributed by atoms with E-state index in [0.717, 1.165) is 18.4 Å². The monoisotopic (exact) mass is 808 g/mol. The van der Waals surface area contributed by atoms with Gasteiger partial charge in [-0.05, 0) is 69.8 Å². The fourth-order valence-corrected chi connectivity index (χ4v) is 11.3. The summed E-state index contributed by atoms with van der Waals surface area (Å²) >= 11 is 0. The van der Waals surface area contributed by atoms with Crippen LogP contribution in [0.3, 0.4) is 0 Å². The Hall–Kier alpha value is -1.73. The molecule has 0 unspecified atom stereocenters. The van der Waals surface area contributed by atoms with E-state index in [2.05, 4.69) is 13.0 Å². The lowest BCUT2D eigenvalue weighted by molar-refractivity contribution is -0.339. The molecule has 0 aromatic carbocycles. The third-order valence-electron chi connectivity index (χ3n) is 14.5. The highest BCUT2D eigenvalue weighted by Gasteiger charge is 2.59. The van der Waals surface area contributed by atoms with Crippen LogP contribution >= 0.6 is 0 Å². The average Bonchev–Trinajstić information content (AvgIpc) is 3.69. The zero-order chi connectivity index (χ0) is 40.4. The molecule has 1 saturated carbocycles. The molecule has 0 radical (unpaired) electrons. The van der Waals surface area contributed by atoms with Gasteiger partial charge < -0.3 is 67.1 Å². The van der Waals surface area contributed by atoms with Gasteiger partial charge in [-0.25, -0.2) is 0 Å². The predicted octanol–water partition coefficient (Wildman–Crippen LogP) is 3.66. The Bertz CT molecular complexity index is 1510. The standard InChI is InChI=1S/C42H64O15/c1-20-37(44)29(46-6)14-34(51-20)56-39-22(3)53-35(16-31(39)48-8)57-38-21(2)52-33(15-30(38)47-7)54-28-13-24-10-11-25-26(41(24,4)17-27(28)43)12-9-23-18-49-42(5)36(23)32(19-50-42)55-40(25)45/h10,18,20-22,25-39,43-44H,9,11-17,19H2,1-8H3/t20-,21+,22+,25+,26-,27+,28+,29-,30+,31-,32+,33-,34-,35-,36+,37-,38+,39+,41-,42-/m0/s1. The predicted molar refractivity (Wildman–Crippen MR) is 199 cm³/mol. The van der Waals surface area contributed by atoms with Gasteiger partial charge in [0.25, 0.3) is 0 Å². The molecule has 0 aromatic rings. The molecule has 5 saturated heterocycles. The zero-order valence-corrected chi connectivity index (χ0v) is 34.6. The summed E-state index contributed by atoms with van der Waals surface area (Å²) in [7, 11) is 4.86. The van der Waals surface area contributed by atoms with Crippen LogP contribution in [0.2, 0.25) is 0 Å². The lowest BCUT2D eigenvalue weighted by atomic mass is 9.55. The maximum atomic E-state index is 13.7. The first kappa shape index (κ1) is 42.0. The maximum absolute atomic E-state index is 13.7. The van der Waals surface area contributed by atoms with E-state index in [0.29, 0.717) is 45.1 Å². The Morgan fingerprint density at radius 3 is 2.02 bits per heavy atom. The minimum Gasteiger partial charge on any atom is -0.469 e. The molecule has 20 atom stereocenters. The Kier molecular flexibility index (Phi) is 12.2. The number of aliphatic hydroxyl groups is 2. The quantitative estimate of drug-likeness (QED) is 0.256. The molecular weight excluding hydrogens is 744 g/mol. The van der Waals surface area contributed by atoms with Gasteiger partial charge in [-0.15, -0.1) is 0 Å². The summed E-state index contributed by atoms with van der Waals surface area (Å²) in [6, 6.07) is 0. The largest absolute Gasteiger partial charge is 0.469 e. The van der Waals surface area contributed by atoms with E-state index in [1.807, 2.05) is 27.0 Å². The number of allylic oxidation sites excluding steroid dienone is 1. The molecule has 57 heavy (non-hydrogen) atoms. The molecule has 6 heterocycles. The number of rotatable bonds is 9. The van der Waals surface area contributed by atoms with Gasteiger partial charge in [-0.3, -0.25) is 4.79 Å². The zero-order valence-electron chi connectivity index (χ0n) is 34.6. The summed E-state index contributed by atoms with van der Waals surface area (Å²) in [6.45, 7) is 10.1. The molecule has 0 amide bonds. The topological polar surface area (TPSA) is 168 Å². The van der Waals surface area contributed by atoms with E-state index >= 15 is 0 Å². The van der Waals surface area contributed by atoms with Crippen LogP contribution in [0, 0.1) is 23.2 Å². The van der Waals surface area contributed by atoms with Crippen LogP contribution in [0.5, 0.6) is 0 Å². The minimum atomic E-state index is -0.790. The second-order valence-electron chi connectivity index (χ2n) is 17.9. The molecular formula is C42H64O15. The van der Waals surface area contributed by atoms with Gasteiger partial charge in [0.1, 0.15) is 24.4 Å². The first-order valence-corrected chi connectivity index (χ1v) is 21.0. The molecule has 0 bridgehead atoms. The normalized spacial score (nSPS) is 51.2. The Morgan fingerprint density at radius 2 is 1.39 bits per heavy atom. The van der Waals surface area contributed by atoms with Crippen LogP contribution in [-0.4, -0.2) is 142 Å². The van der Waals surface area contributed by atoms with Crippen LogP contribution in [0.4, 0.5) is 0 Å². The Morgan fingerprint density at radius 1 is 0.789 bits per heavy atom. The van der Waals surface area contributed by atoms with Gasteiger partial charge in [0, 0.05) is 47.5 Å². The number of ether oxygens (including phenoxy) is 12. The van der Waals surface area contributed by atoms with Crippen molar-refractivity contribution < 1.29 is 71.8 Å². The number of hydrogen-bond acceptors (Lipinski definition) is 15. The van der Waals surface area contributed by atoms with Crippen molar-refractivity contribution in [3.63, 3.8) is 0 Å². The van der Waals surface area contributed by atoms with Crippen molar-refractivity contribution in [3.8, 4) is 0 Å². The first-order chi connectivity index (χ1) is 27.2. The molecule has 8 rings (SSSR count). The van der Waals surface area contributed by atoms with Crippen LogP contribution in [0.25, 0.3) is 0 Å². The third-order valence-corrected chi connectivity index (χ3v) is 14.5. The van der Waals surface area contributed by atoms with E-state index < -0.39 is 85.0 Å². The molecule has 15 nitrogen and oxygen atoms in total. The second kappa shape index (κ2) is 16.6. The van der Waals surface area contributed by atoms with Crippen molar-refractivity contribution in [1.29, 1.82) is 0 Å². The number of carbonyl (C=O) groups is 1. The average molecular weight is 809 g/mol. The van der Waals surface area contributed by atoms with Crippen LogP contribution < -0.4 is 0 Å². The van der Waals surface area contributed by atoms with Crippen LogP contribution in [0.1, 0.15) is 86.0 Å². The number of fused-ring (bicyclic) bond motifs is 3. The van der Waals surface area contributed by atoms with Crippen molar-refractivity contribution >= 4 is 5.97 Å². The van der Waals surface area contributed by atoms with Gasteiger partial charge in [0.2, 0.25) is 5.79 Å². The fraction of sp³-hybridized carbons (Fsp3) is 0.881. The molecule has 2 aliphatic carbocycles. The van der Waals surface area contributed by atoms with E-state index in [4.69, 9.17) is 56.8 Å². The molecule has 15 heteroatoms. The lowest BCUT2D eigenvalue weighted by Crippen LogP contribution is -2.57. The van der Waals surface area contributed by atoms with E-state index in [-0.39, 0.29) is 42.0 Å². The van der Waals surface area contributed by atoms with Crippen LogP contribution in [0.15, 0.2) is 23.5 Å². The summed E-state index contributed by atoms with van der Waals surface area (Å²) in [5, 5.41) is 22.1. The Balaban J connectivity index is 0.876. The summed E-state index contributed by atoms with van der Waals surface area (Å²) in [6.07, 6.45) is 0.929. The smallest absolute Gasteiger partial charge is 0.309 e. The minimum absolute atomic E-state index is 0.000401. The first-order valence-electron chi connectivity index (χ1n) is 21.0. The second-order valence-corrected chi connectivity index (χ2v) is 17.9. The van der Waals surface area contributed by atoms with Gasteiger partial charge in [0.15, 0.2) is 18.9 Å². The highest BCUT2D eigenvalue weighted by Crippen LogP contribution is 2.57. The number of methoxy groups -OCH3 is 3. The maximum Gasteiger partial charge on any atom is 0.309 e. The van der Waals surface area contributed by atoms with Gasteiger partial charge in [-0.1, -0.05) is 18.6 Å². The molecule has 2 N–H and O–H groups in total.